The van der Waals surface area contributed by atoms with Gasteiger partial charge < -0.3 is 5.73 Å². The molecule has 0 spiro atoms. The van der Waals surface area contributed by atoms with Crippen LogP contribution in [0.4, 0.5) is 0 Å². The van der Waals surface area contributed by atoms with Crippen LogP contribution in [0.2, 0.25) is 0 Å². The lowest BCUT2D eigenvalue weighted by molar-refractivity contribution is 0.561. The molecule has 0 saturated heterocycles. The molecular weight excluding hydrogens is 222 g/mol. The minimum atomic E-state index is -0.268. The Kier molecular flexibility index (Phi) is 2.99. The molecule has 1 aromatic rings. The lowest BCUT2D eigenvalue weighted by Gasteiger charge is -2.07. The molecule has 0 bridgehead atoms. The highest BCUT2D eigenvalue weighted by Gasteiger charge is 2.00. The number of aromatic nitrogens is 2. The van der Waals surface area contributed by atoms with Crippen molar-refractivity contribution in [1.82, 2.24) is 9.55 Å². The van der Waals surface area contributed by atoms with Crippen molar-refractivity contribution < 1.29 is 0 Å². The van der Waals surface area contributed by atoms with E-state index in [1.54, 1.807) is 6.20 Å². The maximum Gasteiger partial charge on any atom is 0.347 e. The molecule has 0 aromatic carbocycles. The molecule has 0 fully saturated rings. The Morgan fingerprint density at radius 1 is 1.83 bits per heavy atom. The molecule has 2 N–H and O–H groups in total. The summed E-state index contributed by atoms with van der Waals surface area (Å²) in [5.41, 5.74) is 5.27. The third-order valence-corrected chi connectivity index (χ3v) is 1.72. The minimum absolute atomic E-state index is 0.0428. The number of halogens is 1. The minimum Gasteiger partial charge on any atom is -0.326 e. The van der Waals surface area contributed by atoms with Crippen LogP contribution < -0.4 is 11.4 Å². The largest absolute Gasteiger partial charge is 0.347 e. The zero-order valence-corrected chi connectivity index (χ0v) is 8.28. The Hall–Kier alpha value is -0.680. The van der Waals surface area contributed by atoms with Crippen LogP contribution in [-0.4, -0.2) is 15.6 Å². The van der Waals surface area contributed by atoms with Gasteiger partial charge in [-0.25, -0.2) is 9.78 Å². The van der Waals surface area contributed by atoms with Gasteiger partial charge in [-0.15, -0.1) is 0 Å². The molecule has 0 radical (unpaired) electrons. The van der Waals surface area contributed by atoms with E-state index in [-0.39, 0.29) is 11.7 Å². The lowest BCUT2D eigenvalue weighted by Crippen LogP contribution is -2.30. The summed E-state index contributed by atoms with van der Waals surface area (Å²) < 4.78 is 2.26. The molecule has 66 valence electrons. The Morgan fingerprint density at radius 3 is 3.08 bits per heavy atom. The van der Waals surface area contributed by atoms with Crippen molar-refractivity contribution in [3.8, 4) is 0 Å². The Balaban J connectivity index is 2.98. The molecule has 0 aliphatic carbocycles. The van der Waals surface area contributed by atoms with Gasteiger partial charge in [0.05, 0.1) is 4.47 Å². The third kappa shape index (κ3) is 2.42. The number of hydrogen-bond donors (Lipinski definition) is 1. The first-order valence-corrected chi connectivity index (χ1v) is 4.36. The Bertz CT molecular complexity index is 321. The summed E-state index contributed by atoms with van der Waals surface area (Å²) >= 11 is 3.22. The highest BCUT2D eigenvalue weighted by Crippen LogP contribution is 2.03. The fraction of sp³-hybridized carbons (Fsp3) is 0.429. The van der Waals surface area contributed by atoms with Crippen molar-refractivity contribution in [3.63, 3.8) is 0 Å². The maximum atomic E-state index is 11.1. The summed E-state index contributed by atoms with van der Waals surface area (Å²) in [5.74, 6) is 0. The summed E-state index contributed by atoms with van der Waals surface area (Å²) in [5, 5.41) is 0. The number of hydrogen-bond acceptors (Lipinski definition) is 3. The Morgan fingerprint density at radius 2 is 2.50 bits per heavy atom. The average Bonchev–Trinajstić information content (AvgIpc) is 1.96. The molecular formula is C7H10BrN3O. The summed E-state index contributed by atoms with van der Waals surface area (Å²) in [6.07, 6.45) is 3.15. The standard InChI is InChI=1S/C7H10BrN3O/c1-5(9)3-11-4-6(8)2-10-7(11)12/h2,4-5H,3,9H2,1H3. The second-order valence-electron chi connectivity index (χ2n) is 2.68. The Labute approximate surface area is 78.5 Å². The zero-order chi connectivity index (χ0) is 9.14. The highest BCUT2D eigenvalue weighted by atomic mass is 79.9. The van der Waals surface area contributed by atoms with Crippen LogP contribution in [0, 0.1) is 0 Å². The first kappa shape index (κ1) is 9.41. The van der Waals surface area contributed by atoms with Gasteiger partial charge in [0.1, 0.15) is 0 Å². The van der Waals surface area contributed by atoms with E-state index in [2.05, 4.69) is 20.9 Å². The molecule has 5 heteroatoms. The van der Waals surface area contributed by atoms with Crippen molar-refractivity contribution in [3.05, 3.63) is 27.4 Å². The van der Waals surface area contributed by atoms with Crippen molar-refractivity contribution in [2.45, 2.75) is 19.5 Å². The van der Waals surface area contributed by atoms with Crippen LogP contribution in [0.15, 0.2) is 21.7 Å². The van der Waals surface area contributed by atoms with Crippen LogP contribution in [0.3, 0.4) is 0 Å². The maximum absolute atomic E-state index is 11.1. The molecule has 0 amide bonds. The molecule has 1 atom stereocenters. The van der Waals surface area contributed by atoms with Crippen LogP contribution in [-0.2, 0) is 6.54 Å². The molecule has 1 heterocycles. The zero-order valence-electron chi connectivity index (χ0n) is 6.70. The van der Waals surface area contributed by atoms with E-state index in [9.17, 15) is 4.79 Å². The van der Waals surface area contributed by atoms with Crippen LogP contribution in [0.1, 0.15) is 6.92 Å². The first-order valence-electron chi connectivity index (χ1n) is 3.57. The quantitative estimate of drug-likeness (QED) is 0.800. The predicted molar refractivity (Wildman–Crippen MR) is 49.8 cm³/mol. The number of nitrogens with two attached hydrogens (primary N) is 1. The van der Waals surface area contributed by atoms with Gasteiger partial charge in [0.15, 0.2) is 0 Å². The molecule has 1 aromatic heterocycles. The second kappa shape index (κ2) is 3.82. The predicted octanol–water partition coefficient (Wildman–Crippen LogP) is 0.353. The summed E-state index contributed by atoms with van der Waals surface area (Å²) in [6.45, 7) is 2.33. The average molecular weight is 232 g/mol. The molecule has 1 rings (SSSR count). The summed E-state index contributed by atoms with van der Waals surface area (Å²) in [7, 11) is 0. The van der Waals surface area contributed by atoms with E-state index in [1.807, 2.05) is 6.92 Å². The van der Waals surface area contributed by atoms with E-state index >= 15 is 0 Å². The molecule has 1 unspecified atom stereocenters. The van der Waals surface area contributed by atoms with Crippen molar-refractivity contribution >= 4 is 15.9 Å². The van der Waals surface area contributed by atoms with Crippen LogP contribution >= 0.6 is 15.9 Å². The fourth-order valence-electron chi connectivity index (χ4n) is 0.870. The van der Waals surface area contributed by atoms with E-state index in [1.165, 1.54) is 10.8 Å². The van der Waals surface area contributed by atoms with E-state index in [4.69, 9.17) is 5.73 Å². The molecule has 0 saturated carbocycles. The van der Waals surface area contributed by atoms with Gasteiger partial charge in [-0.2, -0.15) is 0 Å². The second-order valence-corrected chi connectivity index (χ2v) is 3.60. The molecule has 0 aliphatic rings. The first-order chi connectivity index (χ1) is 5.59. The van der Waals surface area contributed by atoms with Crippen molar-refractivity contribution in [1.29, 1.82) is 0 Å². The van der Waals surface area contributed by atoms with Gasteiger partial charge in [0.25, 0.3) is 0 Å². The van der Waals surface area contributed by atoms with Gasteiger partial charge in [-0.3, -0.25) is 4.57 Å². The smallest absolute Gasteiger partial charge is 0.326 e. The molecule has 12 heavy (non-hydrogen) atoms. The van der Waals surface area contributed by atoms with E-state index in [0.717, 1.165) is 4.47 Å². The third-order valence-electron chi connectivity index (χ3n) is 1.31. The van der Waals surface area contributed by atoms with Gasteiger partial charge in [-0.1, -0.05) is 0 Å². The monoisotopic (exact) mass is 231 g/mol. The highest BCUT2D eigenvalue weighted by molar-refractivity contribution is 9.10. The van der Waals surface area contributed by atoms with Crippen LogP contribution in [0.5, 0.6) is 0 Å². The van der Waals surface area contributed by atoms with Gasteiger partial charge in [0.2, 0.25) is 0 Å². The number of rotatable bonds is 2. The SMILES string of the molecule is CC(N)Cn1cc(Br)cnc1=O. The topological polar surface area (TPSA) is 60.9 Å². The fourth-order valence-corrected chi connectivity index (χ4v) is 1.22. The number of nitrogens with zero attached hydrogens (tertiary/aromatic N) is 2. The lowest BCUT2D eigenvalue weighted by atomic mass is 10.3. The molecule has 0 aliphatic heterocycles. The van der Waals surface area contributed by atoms with E-state index in [0.29, 0.717) is 6.54 Å². The van der Waals surface area contributed by atoms with Gasteiger partial charge in [-0.05, 0) is 22.9 Å². The normalized spacial score (nSPS) is 12.9. The molecule has 4 nitrogen and oxygen atoms in total. The van der Waals surface area contributed by atoms with Crippen molar-refractivity contribution in [2.24, 2.45) is 5.73 Å². The summed E-state index contributed by atoms with van der Waals surface area (Å²) in [6, 6.07) is -0.0428. The summed E-state index contributed by atoms with van der Waals surface area (Å²) in [4.78, 5) is 14.7. The van der Waals surface area contributed by atoms with Gasteiger partial charge >= 0.3 is 5.69 Å². The van der Waals surface area contributed by atoms with Crippen LogP contribution in [0.25, 0.3) is 0 Å². The van der Waals surface area contributed by atoms with E-state index < -0.39 is 0 Å². The van der Waals surface area contributed by atoms with Gasteiger partial charge in [0, 0.05) is 25.0 Å². The van der Waals surface area contributed by atoms with Crippen molar-refractivity contribution in [2.75, 3.05) is 0 Å².